The van der Waals surface area contributed by atoms with Crippen molar-refractivity contribution < 1.29 is 9.90 Å². The highest BCUT2D eigenvalue weighted by molar-refractivity contribution is 6.31. The number of aliphatic hydroxyl groups is 1. The van der Waals surface area contributed by atoms with Crippen LogP contribution in [-0.2, 0) is 6.42 Å². The number of nitrogens with zero attached hydrogens (tertiary/aromatic N) is 2. The van der Waals surface area contributed by atoms with E-state index in [2.05, 4.69) is 15.3 Å². The number of aliphatic hydroxyl groups excluding tert-OH is 1. The number of amides is 1. The van der Waals surface area contributed by atoms with Gasteiger partial charge in [-0.05, 0) is 30.2 Å². The van der Waals surface area contributed by atoms with E-state index >= 15 is 0 Å². The third kappa shape index (κ3) is 4.66. The van der Waals surface area contributed by atoms with Gasteiger partial charge in [-0.2, -0.15) is 0 Å². The first-order valence-corrected chi connectivity index (χ1v) is 7.44. The van der Waals surface area contributed by atoms with Gasteiger partial charge in [0.2, 0.25) is 0 Å². The van der Waals surface area contributed by atoms with Gasteiger partial charge in [0.05, 0.1) is 5.02 Å². The molecule has 0 spiro atoms. The minimum Gasteiger partial charge on any atom is -0.396 e. The third-order valence-corrected chi connectivity index (χ3v) is 3.71. The Kier molecular flexibility index (Phi) is 6.12. The number of hydrogen-bond acceptors (Lipinski definition) is 4. The van der Waals surface area contributed by atoms with E-state index in [1.165, 1.54) is 12.3 Å². The molecule has 22 heavy (non-hydrogen) atoms. The predicted octanol–water partition coefficient (Wildman–Crippen LogP) is 2.36. The van der Waals surface area contributed by atoms with E-state index in [1.807, 2.05) is 0 Å². The quantitative estimate of drug-likeness (QED) is 0.792. The van der Waals surface area contributed by atoms with Crippen LogP contribution in [0.3, 0.4) is 0 Å². The van der Waals surface area contributed by atoms with Crippen LogP contribution in [0.15, 0.2) is 36.8 Å². The van der Waals surface area contributed by atoms with Crippen LogP contribution in [0.25, 0.3) is 0 Å². The van der Waals surface area contributed by atoms with E-state index in [4.69, 9.17) is 23.2 Å². The van der Waals surface area contributed by atoms with Gasteiger partial charge in [-0.3, -0.25) is 9.78 Å². The number of pyridine rings is 2. The van der Waals surface area contributed by atoms with E-state index in [0.29, 0.717) is 23.6 Å². The normalized spacial score (nSPS) is 12.0. The number of carbonyl (C=O) groups excluding carboxylic acids is 1. The van der Waals surface area contributed by atoms with Gasteiger partial charge in [0.25, 0.3) is 5.91 Å². The summed E-state index contributed by atoms with van der Waals surface area (Å²) in [6, 6.07) is 4.87. The lowest BCUT2D eigenvalue weighted by atomic mass is 10.0. The fourth-order valence-electron chi connectivity index (χ4n) is 1.96. The Balaban J connectivity index is 1.94. The molecule has 0 radical (unpaired) electrons. The maximum atomic E-state index is 12.0. The van der Waals surface area contributed by atoms with Gasteiger partial charge in [-0.15, -0.1) is 0 Å². The first-order chi connectivity index (χ1) is 10.6. The topological polar surface area (TPSA) is 75.1 Å². The number of rotatable bonds is 6. The lowest BCUT2D eigenvalue weighted by Crippen LogP contribution is -2.31. The van der Waals surface area contributed by atoms with Crippen LogP contribution in [0.4, 0.5) is 0 Å². The molecular formula is C15H15Cl2N3O2. The van der Waals surface area contributed by atoms with E-state index in [1.54, 1.807) is 24.5 Å². The molecule has 2 N–H and O–H groups in total. The summed E-state index contributed by atoms with van der Waals surface area (Å²) in [4.78, 5) is 19.8. The lowest BCUT2D eigenvalue weighted by molar-refractivity contribution is 0.0940. The standard InChI is InChI=1S/C15H15Cl2N3O2/c16-13-8-18-3-1-11(13)5-10(9-21)7-20-15(22)12-2-4-19-14(17)6-12/h1-4,6,8,10,21H,5,7,9H2,(H,20,22)/t10-/m0/s1. The van der Waals surface area contributed by atoms with Crippen LogP contribution in [0.2, 0.25) is 10.2 Å². The number of hydrogen-bond donors (Lipinski definition) is 2. The molecular weight excluding hydrogens is 325 g/mol. The molecule has 0 bridgehead atoms. The molecule has 2 aromatic heterocycles. The van der Waals surface area contributed by atoms with Crippen molar-refractivity contribution in [2.75, 3.05) is 13.2 Å². The fourth-order valence-corrected chi connectivity index (χ4v) is 2.33. The van der Waals surface area contributed by atoms with Gasteiger partial charge in [-0.25, -0.2) is 4.98 Å². The van der Waals surface area contributed by atoms with Gasteiger partial charge >= 0.3 is 0 Å². The Morgan fingerprint density at radius 1 is 1.32 bits per heavy atom. The predicted molar refractivity (Wildman–Crippen MR) is 85.1 cm³/mol. The Morgan fingerprint density at radius 2 is 2.14 bits per heavy atom. The Bertz CT molecular complexity index is 652. The molecule has 2 heterocycles. The van der Waals surface area contributed by atoms with Gasteiger partial charge in [0.15, 0.2) is 0 Å². The minimum absolute atomic E-state index is 0.0595. The van der Waals surface area contributed by atoms with E-state index in [9.17, 15) is 9.90 Å². The third-order valence-electron chi connectivity index (χ3n) is 3.16. The van der Waals surface area contributed by atoms with Crippen molar-refractivity contribution in [2.24, 2.45) is 5.92 Å². The van der Waals surface area contributed by atoms with Crippen LogP contribution < -0.4 is 5.32 Å². The first-order valence-electron chi connectivity index (χ1n) is 6.69. The average Bonchev–Trinajstić information content (AvgIpc) is 2.52. The average molecular weight is 340 g/mol. The van der Waals surface area contributed by atoms with Gasteiger partial charge in [0, 0.05) is 43.2 Å². The molecule has 0 aliphatic rings. The number of halogens is 2. The summed E-state index contributed by atoms with van der Waals surface area (Å²) in [5.74, 6) is -0.398. The number of aromatic nitrogens is 2. The lowest BCUT2D eigenvalue weighted by Gasteiger charge is -2.16. The fraction of sp³-hybridized carbons (Fsp3) is 0.267. The van der Waals surface area contributed by atoms with Crippen molar-refractivity contribution >= 4 is 29.1 Å². The molecule has 0 saturated carbocycles. The van der Waals surface area contributed by atoms with Gasteiger partial charge < -0.3 is 10.4 Å². The molecule has 5 nitrogen and oxygen atoms in total. The maximum absolute atomic E-state index is 12.0. The highest BCUT2D eigenvalue weighted by atomic mass is 35.5. The second kappa shape index (κ2) is 8.08. The van der Waals surface area contributed by atoms with E-state index in [-0.39, 0.29) is 23.6 Å². The summed E-state index contributed by atoms with van der Waals surface area (Å²) >= 11 is 11.8. The van der Waals surface area contributed by atoms with Crippen molar-refractivity contribution in [3.63, 3.8) is 0 Å². The van der Waals surface area contributed by atoms with E-state index < -0.39 is 0 Å². The van der Waals surface area contributed by atoms with Crippen molar-refractivity contribution in [2.45, 2.75) is 6.42 Å². The molecule has 2 aromatic rings. The second-order valence-electron chi connectivity index (χ2n) is 4.80. The summed E-state index contributed by atoms with van der Waals surface area (Å²) in [5, 5.41) is 13.0. The second-order valence-corrected chi connectivity index (χ2v) is 5.59. The Hall–Kier alpha value is -1.69. The van der Waals surface area contributed by atoms with Crippen LogP contribution in [0, 0.1) is 5.92 Å². The van der Waals surface area contributed by atoms with Crippen LogP contribution >= 0.6 is 23.2 Å². The van der Waals surface area contributed by atoms with Crippen molar-refractivity contribution in [3.8, 4) is 0 Å². The van der Waals surface area contributed by atoms with Gasteiger partial charge in [0.1, 0.15) is 5.15 Å². The first kappa shape index (κ1) is 16.7. The molecule has 0 unspecified atom stereocenters. The zero-order valence-corrected chi connectivity index (χ0v) is 13.2. The Labute approximate surface area is 138 Å². The smallest absolute Gasteiger partial charge is 0.251 e. The van der Waals surface area contributed by atoms with E-state index in [0.717, 1.165) is 5.56 Å². The molecule has 0 aliphatic heterocycles. The summed E-state index contributed by atoms with van der Waals surface area (Å²) in [5.41, 5.74) is 1.32. The molecule has 0 saturated heterocycles. The van der Waals surface area contributed by atoms with Crippen LogP contribution in [0.5, 0.6) is 0 Å². The molecule has 0 aliphatic carbocycles. The minimum atomic E-state index is -0.261. The molecule has 7 heteroatoms. The largest absolute Gasteiger partial charge is 0.396 e. The molecule has 0 fully saturated rings. The summed E-state index contributed by atoms with van der Waals surface area (Å²) < 4.78 is 0. The zero-order chi connectivity index (χ0) is 15.9. The molecule has 1 atom stereocenters. The molecule has 116 valence electrons. The van der Waals surface area contributed by atoms with Crippen LogP contribution in [-0.4, -0.2) is 34.1 Å². The summed E-state index contributed by atoms with van der Waals surface area (Å²) in [6.07, 6.45) is 5.23. The van der Waals surface area contributed by atoms with Crippen molar-refractivity contribution in [1.82, 2.24) is 15.3 Å². The highest BCUT2D eigenvalue weighted by Gasteiger charge is 2.13. The van der Waals surface area contributed by atoms with Crippen molar-refractivity contribution in [1.29, 1.82) is 0 Å². The van der Waals surface area contributed by atoms with Gasteiger partial charge in [-0.1, -0.05) is 23.2 Å². The molecule has 1 amide bonds. The Morgan fingerprint density at radius 3 is 2.82 bits per heavy atom. The zero-order valence-electron chi connectivity index (χ0n) is 11.7. The molecule has 0 aromatic carbocycles. The monoisotopic (exact) mass is 339 g/mol. The summed E-state index contributed by atoms with van der Waals surface area (Å²) in [7, 11) is 0. The van der Waals surface area contributed by atoms with Crippen molar-refractivity contribution in [3.05, 3.63) is 58.1 Å². The number of carbonyl (C=O) groups is 1. The van der Waals surface area contributed by atoms with Crippen LogP contribution in [0.1, 0.15) is 15.9 Å². The maximum Gasteiger partial charge on any atom is 0.251 e. The highest BCUT2D eigenvalue weighted by Crippen LogP contribution is 2.17. The SMILES string of the molecule is O=C(NC[C@@H](CO)Cc1ccncc1Cl)c1ccnc(Cl)c1. The summed E-state index contributed by atoms with van der Waals surface area (Å²) in [6.45, 7) is 0.268. The molecule has 2 rings (SSSR count). The number of nitrogens with one attached hydrogen (secondary N) is 1.